The van der Waals surface area contributed by atoms with Crippen molar-refractivity contribution < 1.29 is 36.6 Å². The number of pyridine rings is 1. The molecular weight excluding hydrogens is 754 g/mol. The number of aryl methyl sites for hydroxylation is 1. The second kappa shape index (κ2) is 16.1. The van der Waals surface area contributed by atoms with Crippen LogP contribution in [0.2, 0.25) is 5.02 Å². The van der Waals surface area contributed by atoms with E-state index in [1.54, 1.807) is 56.9 Å². The summed E-state index contributed by atoms with van der Waals surface area (Å²) in [7, 11) is 5.24. The van der Waals surface area contributed by atoms with Gasteiger partial charge in [-0.25, -0.2) is 14.2 Å². The van der Waals surface area contributed by atoms with Crippen LogP contribution in [0.15, 0.2) is 36.4 Å². The van der Waals surface area contributed by atoms with Crippen molar-refractivity contribution in [3.63, 3.8) is 0 Å². The predicted molar refractivity (Wildman–Crippen MR) is 208 cm³/mol. The molecular formula is C40H48ClF4N7O4. The molecule has 0 saturated carbocycles. The van der Waals surface area contributed by atoms with Crippen LogP contribution in [0.1, 0.15) is 57.2 Å². The zero-order valence-electron chi connectivity index (χ0n) is 32.9. The maximum atomic E-state index is 17.3. The van der Waals surface area contributed by atoms with Crippen molar-refractivity contribution in [2.24, 2.45) is 0 Å². The summed E-state index contributed by atoms with van der Waals surface area (Å²) in [6, 6.07) is 9.58. The zero-order valence-corrected chi connectivity index (χ0v) is 33.7. The van der Waals surface area contributed by atoms with Gasteiger partial charge in [-0.2, -0.15) is 23.1 Å². The van der Waals surface area contributed by atoms with Crippen LogP contribution >= 0.6 is 11.6 Å². The average Bonchev–Trinajstić information content (AvgIpc) is 3.53. The zero-order chi connectivity index (χ0) is 40.7. The van der Waals surface area contributed by atoms with E-state index in [4.69, 9.17) is 30.8 Å². The van der Waals surface area contributed by atoms with E-state index in [2.05, 4.69) is 14.9 Å². The molecule has 6 rings (SSSR count). The molecule has 302 valence electrons. The Kier molecular flexibility index (Phi) is 11.8. The molecule has 0 spiro atoms. The number of halogens is 5. The number of fused-ring (bicyclic) bond motifs is 1. The van der Waals surface area contributed by atoms with Gasteiger partial charge in [-0.3, -0.25) is 0 Å². The number of aromatic nitrogens is 3. The van der Waals surface area contributed by atoms with Gasteiger partial charge in [0.2, 0.25) is 0 Å². The van der Waals surface area contributed by atoms with Gasteiger partial charge in [0, 0.05) is 50.7 Å². The topological polar surface area (TPSA) is 96.4 Å². The van der Waals surface area contributed by atoms with Crippen LogP contribution in [-0.4, -0.2) is 103 Å². The van der Waals surface area contributed by atoms with Crippen LogP contribution in [-0.2, 0) is 17.5 Å². The number of likely N-dealkylation sites (tertiary alicyclic amines) is 1. The summed E-state index contributed by atoms with van der Waals surface area (Å²) in [6.45, 7) is 10.8. The lowest BCUT2D eigenvalue weighted by atomic mass is 9.98. The predicted octanol–water partition coefficient (Wildman–Crippen LogP) is 8.38. The van der Waals surface area contributed by atoms with Crippen molar-refractivity contribution in [2.75, 3.05) is 63.8 Å². The standard InChI is InChI=1S/C40H48ClF4N7O4/c1-23-18-30(50(7)21-25-11-13-27(54-8)14-12-25)46-35(32(23)40(43,44)45)31-29(41)19-28-34(33(31)42)47-37(55-22-26-10-9-15-49(26)6)48-36(28)52-17-16-51(20-24(52)2)38(53)56-39(3,4)5/h11-14,18-19,24,26H,9-10,15-17,20-22H2,1-8H3/t24-,26-/m0/s1. The Morgan fingerprint density at radius 1 is 1.05 bits per heavy atom. The molecule has 56 heavy (non-hydrogen) atoms. The van der Waals surface area contributed by atoms with E-state index in [9.17, 15) is 18.0 Å². The minimum atomic E-state index is -4.90. The number of hydrogen-bond donors (Lipinski definition) is 0. The first kappa shape index (κ1) is 41.0. The normalized spacial score (nSPS) is 18.1. The summed E-state index contributed by atoms with van der Waals surface area (Å²) in [5.74, 6) is 0.0298. The van der Waals surface area contributed by atoms with Crippen molar-refractivity contribution >= 4 is 40.2 Å². The molecule has 2 aromatic heterocycles. The van der Waals surface area contributed by atoms with Gasteiger partial charge < -0.3 is 33.8 Å². The molecule has 0 bridgehead atoms. The molecule has 11 nitrogen and oxygen atoms in total. The fraction of sp³-hybridized carbons (Fsp3) is 0.500. The SMILES string of the molecule is COc1ccc(CN(C)c2cc(C)c(C(F)(F)F)c(-c3c(Cl)cc4c(N5CCN(C(=O)OC(C)(C)C)C[C@@H]5C)nc(OC[C@@H]5CCCN5C)nc4c3F)n2)cc1. The van der Waals surface area contributed by atoms with E-state index in [1.165, 1.54) is 19.1 Å². The Bertz CT molecular complexity index is 2080. The third-order valence-electron chi connectivity index (χ3n) is 10.2. The van der Waals surface area contributed by atoms with Gasteiger partial charge in [0.25, 0.3) is 0 Å². The number of carbonyl (C=O) groups is 1. The smallest absolute Gasteiger partial charge is 0.418 e. The van der Waals surface area contributed by atoms with Gasteiger partial charge >= 0.3 is 18.3 Å². The van der Waals surface area contributed by atoms with E-state index < -0.39 is 40.5 Å². The van der Waals surface area contributed by atoms with Crippen LogP contribution in [0.5, 0.6) is 11.8 Å². The Balaban J connectivity index is 1.46. The van der Waals surface area contributed by atoms with Gasteiger partial charge in [0.15, 0.2) is 5.82 Å². The minimum absolute atomic E-state index is 0.0823. The highest BCUT2D eigenvalue weighted by Gasteiger charge is 2.39. The van der Waals surface area contributed by atoms with Crippen LogP contribution in [0, 0.1) is 12.7 Å². The van der Waals surface area contributed by atoms with Gasteiger partial charge in [0.1, 0.15) is 35.1 Å². The summed E-state index contributed by atoms with van der Waals surface area (Å²) in [4.78, 5) is 33.9. The van der Waals surface area contributed by atoms with Crippen molar-refractivity contribution in [2.45, 2.75) is 77.9 Å². The van der Waals surface area contributed by atoms with Crippen molar-refractivity contribution in [1.29, 1.82) is 0 Å². The molecule has 16 heteroatoms. The minimum Gasteiger partial charge on any atom is -0.497 e. The number of carbonyl (C=O) groups excluding carboxylic acids is 1. The molecule has 0 N–H and O–H groups in total. The first-order valence-corrected chi connectivity index (χ1v) is 18.9. The highest BCUT2D eigenvalue weighted by atomic mass is 35.5. The van der Waals surface area contributed by atoms with Crippen molar-refractivity contribution in [3.8, 4) is 23.0 Å². The lowest BCUT2D eigenvalue weighted by Gasteiger charge is -2.41. The third-order valence-corrected chi connectivity index (χ3v) is 10.5. The number of anilines is 2. The molecule has 0 aliphatic carbocycles. The van der Waals surface area contributed by atoms with E-state index >= 15 is 4.39 Å². The Labute approximate surface area is 329 Å². The number of rotatable bonds is 9. The molecule has 0 radical (unpaired) electrons. The van der Waals surface area contributed by atoms with Crippen molar-refractivity contribution in [1.82, 2.24) is 24.8 Å². The largest absolute Gasteiger partial charge is 0.497 e. The third kappa shape index (κ3) is 8.83. The quantitative estimate of drug-likeness (QED) is 0.154. The summed E-state index contributed by atoms with van der Waals surface area (Å²) in [5.41, 5.74) is -2.56. The molecule has 2 aliphatic heterocycles. The van der Waals surface area contributed by atoms with Crippen LogP contribution < -0.4 is 19.3 Å². The molecule has 1 amide bonds. The molecule has 2 aliphatic rings. The molecule has 2 fully saturated rings. The lowest BCUT2D eigenvalue weighted by Crippen LogP contribution is -2.55. The van der Waals surface area contributed by atoms with Gasteiger partial charge in [-0.05, 0) is 96.4 Å². The van der Waals surface area contributed by atoms with Crippen LogP contribution in [0.25, 0.3) is 22.2 Å². The molecule has 4 aromatic rings. The van der Waals surface area contributed by atoms with Gasteiger partial charge in [-0.15, -0.1) is 0 Å². The fourth-order valence-electron chi connectivity index (χ4n) is 7.26. The lowest BCUT2D eigenvalue weighted by molar-refractivity contribution is -0.137. The van der Waals surface area contributed by atoms with Crippen LogP contribution in [0.3, 0.4) is 0 Å². The molecule has 0 unspecified atom stereocenters. The monoisotopic (exact) mass is 801 g/mol. The first-order valence-electron chi connectivity index (χ1n) is 18.5. The number of nitrogens with zero attached hydrogens (tertiary/aromatic N) is 7. The van der Waals surface area contributed by atoms with Crippen LogP contribution in [0.4, 0.5) is 34.0 Å². The summed E-state index contributed by atoms with van der Waals surface area (Å²) in [5, 5.41) is -0.120. The molecule has 2 saturated heterocycles. The average molecular weight is 802 g/mol. The van der Waals surface area contributed by atoms with Crippen molar-refractivity contribution in [3.05, 3.63) is 63.9 Å². The molecule has 4 heterocycles. The second-order valence-corrected chi connectivity index (χ2v) is 16.0. The number of ether oxygens (including phenoxy) is 3. The second-order valence-electron chi connectivity index (χ2n) is 15.6. The summed E-state index contributed by atoms with van der Waals surface area (Å²) in [6.07, 6.45) is -3.47. The Morgan fingerprint density at radius 3 is 2.38 bits per heavy atom. The summed E-state index contributed by atoms with van der Waals surface area (Å²) < 4.78 is 78.8. The Morgan fingerprint density at radius 2 is 1.77 bits per heavy atom. The molecule has 2 atom stereocenters. The number of likely N-dealkylation sites (N-methyl/N-ethyl adjacent to an activating group) is 1. The maximum Gasteiger partial charge on any atom is 0.418 e. The number of hydrogen-bond acceptors (Lipinski definition) is 10. The number of benzene rings is 2. The number of alkyl halides is 3. The van der Waals surface area contributed by atoms with Gasteiger partial charge in [-0.1, -0.05) is 23.7 Å². The van der Waals surface area contributed by atoms with E-state index in [0.29, 0.717) is 18.8 Å². The number of amides is 1. The Hall–Kier alpha value is -4.63. The highest BCUT2D eigenvalue weighted by Crippen LogP contribution is 2.45. The maximum absolute atomic E-state index is 17.3. The molecule has 2 aromatic carbocycles. The first-order chi connectivity index (χ1) is 26.3. The van der Waals surface area contributed by atoms with E-state index in [1.807, 2.05) is 31.0 Å². The van der Waals surface area contributed by atoms with E-state index in [0.717, 1.165) is 24.9 Å². The number of piperazine rings is 1. The highest BCUT2D eigenvalue weighted by molar-refractivity contribution is 6.34. The summed E-state index contributed by atoms with van der Waals surface area (Å²) >= 11 is 6.83. The van der Waals surface area contributed by atoms with E-state index in [-0.39, 0.29) is 70.9 Å². The number of methoxy groups -OCH3 is 1. The fourth-order valence-corrected chi connectivity index (χ4v) is 7.54. The van der Waals surface area contributed by atoms with Gasteiger partial charge in [0.05, 0.1) is 29.0 Å².